The summed E-state index contributed by atoms with van der Waals surface area (Å²) in [6.45, 7) is 10.5. The van der Waals surface area contributed by atoms with Gasteiger partial charge < -0.3 is 24.4 Å². The Labute approximate surface area is 255 Å². The molecule has 2 amide bonds. The van der Waals surface area contributed by atoms with Gasteiger partial charge in [-0.2, -0.15) is 5.10 Å². The van der Waals surface area contributed by atoms with Crippen molar-refractivity contribution in [2.75, 3.05) is 23.9 Å². The number of carbonyl (C=O) groups is 2. The number of amides is 2. The van der Waals surface area contributed by atoms with Crippen LogP contribution < -0.4 is 20.9 Å². The number of carbonyl (C=O) groups excluding carboxylic acids is 2. The van der Waals surface area contributed by atoms with Gasteiger partial charge in [-0.25, -0.2) is 15.0 Å². The molecule has 0 spiro atoms. The van der Waals surface area contributed by atoms with Crippen LogP contribution in [0.4, 0.5) is 16.3 Å². The Morgan fingerprint density at radius 3 is 2.43 bits per heavy atom. The average molecular weight is 601 g/mol. The topological polar surface area (TPSA) is 138 Å². The number of pyridine rings is 1. The molecular weight excluding hydrogens is 564 g/mol. The first-order valence-corrected chi connectivity index (χ1v) is 14.2. The Morgan fingerprint density at radius 1 is 1.02 bits per heavy atom. The third-order valence-corrected chi connectivity index (χ3v) is 6.62. The number of hydrogen-bond acceptors (Lipinski definition) is 9. The number of benzene rings is 2. The molecule has 44 heavy (non-hydrogen) atoms. The lowest BCUT2D eigenvalue weighted by Crippen LogP contribution is -2.34. The number of anilines is 2. The van der Waals surface area contributed by atoms with Crippen LogP contribution in [-0.4, -0.2) is 51.8 Å². The summed E-state index contributed by atoms with van der Waals surface area (Å²) in [4.78, 5) is 35.0. The zero-order chi connectivity index (χ0) is 31.3. The molecule has 0 bridgehead atoms. The highest BCUT2D eigenvalue weighted by Gasteiger charge is 2.32. The van der Waals surface area contributed by atoms with E-state index in [1.807, 2.05) is 34.6 Å². The van der Waals surface area contributed by atoms with Crippen LogP contribution in [0.3, 0.4) is 0 Å². The average Bonchev–Trinajstić information content (AvgIpc) is 3.58. The maximum atomic E-state index is 13.0. The van der Waals surface area contributed by atoms with Crippen molar-refractivity contribution in [3.63, 3.8) is 0 Å². The van der Waals surface area contributed by atoms with Crippen molar-refractivity contribution in [3.8, 4) is 17.2 Å². The molecule has 0 aliphatic carbocycles. The highest BCUT2D eigenvalue weighted by molar-refractivity contribution is 5.94. The van der Waals surface area contributed by atoms with Crippen LogP contribution in [0.25, 0.3) is 5.69 Å². The minimum absolute atomic E-state index is 0.230. The molecule has 1 atom stereocenters. The Balaban J connectivity index is 1.24. The van der Waals surface area contributed by atoms with Crippen LogP contribution in [0.1, 0.15) is 50.7 Å². The summed E-state index contributed by atoms with van der Waals surface area (Å²) in [7, 11) is 0. The van der Waals surface area contributed by atoms with E-state index in [9.17, 15) is 9.59 Å². The molecule has 5 rings (SSSR count). The van der Waals surface area contributed by atoms with Gasteiger partial charge in [-0.15, -0.1) is 0 Å². The van der Waals surface area contributed by atoms with Crippen molar-refractivity contribution in [2.45, 2.75) is 51.9 Å². The van der Waals surface area contributed by atoms with Gasteiger partial charge in [-0.3, -0.25) is 15.1 Å². The molecule has 2 aromatic carbocycles. The molecular formula is C32H36N6O6. The van der Waals surface area contributed by atoms with Gasteiger partial charge in [0.1, 0.15) is 23.4 Å². The van der Waals surface area contributed by atoms with Gasteiger partial charge in [0.15, 0.2) is 5.79 Å². The number of aromatic nitrogens is 3. The molecule has 230 valence electrons. The second kappa shape index (κ2) is 12.7. The van der Waals surface area contributed by atoms with Crippen molar-refractivity contribution in [2.24, 2.45) is 0 Å². The molecule has 1 saturated heterocycles. The van der Waals surface area contributed by atoms with Crippen molar-refractivity contribution >= 4 is 23.5 Å². The zero-order valence-corrected chi connectivity index (χ0v) is 25.3. The van der Waals surface area contributed by atoms with E-state index in [0.717, 1.165) is 5.69 Å². The molecule has 0 saturated carbocycles. The summed E-state index contributed by atoms with van der Waals surface area (Å²) < 4.78 is 18.7. The first kappa shape index (κ1) is 30.5. The Hall–Kier alpha value is -4.94. The molecule has 3 N–H and O–H groups in total. The van der Waals surface area contributed by atoms with Gasteiger partial charge in [0, 0.05) is 36.0 Å². The second-order valence-electron chi connectivity index (χ2n) is 11.7. The maximum Gasteiger partial charge on any atom is 0.437 e. The second-order valence-corrected chi connectivity index (χ2v) is 11.7. The fourth-order valence-corrected chi connectivity index (χ4v) is 4.35. The van der Waals surface area contributed by atoms with Gasteiger partial charge in [0.2, 0.25) is 0 Å². The Kier molecular flexibility index (Phi) is 8.83. The fourth-order valence-electron chi connectivity index (χ4n) is 4.35. The van der Waals surface area contributed by atoms with Gasteiger partial charge in [-0.1, -0.05) is 26.8 Å². The van der Waals surface area contributed by atoms with E-state index in [2.05, 4.69) is 21.1 Å². The highest BCUT2D eigenvalue weighted by Crippen LogP contribution is 2.27. The maximum absolute atomic E-state index is 13.0. The van der Waals surface area contributed by atoms with Gasteiger partial charge in [0.25, 0.3) is 5.91 Å². The molecule has 1 aliphatic rings. The SMILES string of the molecule is CC1(C)OCC(CNC(=O)c2cccc(-n3nc(C(C)(C)C)cc3NC(=O)ONc3ccc(Oc4ccncc4)cc3)c2)O1. The summed E-state index contributed by atoms with van der Waals surface area (Å²) in [5.41, 5.74) is 4.63. The van der Waals surface area contributed by atoms with E-state index in [-0.39, 0.29) is 17.4 Å². The molecule has 1 fully saturated rings. The smallest absolute Gasteiger partial charge is 0.437 e. The van der Waals surface area contributed by atoms with Crippen molar-refractivity contribution in [3.05, 3.63) is 90.4 Å². The third kappa shape index (κ3) is 7.91. The molecule has 4 aromatic rings. The van der Waals surface area contributed by atoms with Crippen LogP contribution in [0.15, 0.2) is 79.1 Å². The number of hydrogen-bond donors (Lipinski definition) is 3. The minimum Gasteiger partial charge on any atom is -0.457 e. The lowest BCUT2D eigenvalue weighted by Gasteiger charge is -2.17. The van der Waals surface area contributed by atoms with E-state index in [1.165, 1.54) is 0 Å². The number of rotatable bonds is 9. The lowest BCUT2D eigenvalue weighted by molar-refractivity contribution is -0.137. The summed E-state index contributed by atoms with van der Waals surface area (Å²) in [6, 6.07) is 19.2. The highest BCUT2D eigenvalue weighted by atomic mass is 16.7. The normalized spacial score (nSPS) is 15.8. The van der Waals surface area contributed by atoms with Crippen LogP contribution in [0.5, 0.6) is 11.5 Å². The molecule has 12 heteroatoms. The van der Waals surface area contributed by atoms with Crippen LogP contribution in [0.2, 0.25) is 0 Å². The van der Waals surface area contributed by atoms with Crippen molar-refractivity contribution < 1.29 is 28.6 Å². The first-order chi connectivity index (χ1) is 20.9. The Morgan fingerprint density at radius 2 is 1.75 bits per heavy atom. The van der Waals surface area contributed by atoms with Crippen molar-refractivity contribution in [1.82, 2.24) is 20.1 Å². The molecule has 0 radical (unpaired) electrons. The largest absolute Gasteiger partial charge is 0.457 e. The molecule has 1 unspecified atom stereocenters. The number of ether oxygens (including phenoxy) is 3. The van der Waals surface area contributed by atoms with Gasteiger partial charge in [-0.05, 0) is 68.4 Å². The molecule has 1 aliphatic heterocycles. The summed E-state index contributed by atoms with van der Waals surface area (Å²) in [5.74, 6) is 0.718. The van der Waals surface area contributed by atoms with Crippen LogP contribution >= 0.6 is 0 Å². The predicted octanol–water partition coefficient (Wildman–Crippen LogP) is 5.81. The summed E-state index contributed by atoms with van der Waals surface area (Å²) in [5, 5.41) is 10.4. The molecule has 3 heterocycles. The van der Waals surface area contributed by atoms with E-state index in [0.29, 0.717) is 47.4 Å². The Bertz CT molecular complexity index is 1600. The number of nitrogens with one attached hydrogen (secondary N) is 3. The van der Waals surface area contributed by atoms with Crippen LogP contribution in [0, 0.1) is 0 Å². The van der Waals surface area contributed by atoms with Gasteiger partial charge in [0.05, 0.1) is 23.7 Å². The van der Waals surface area contributed by atoms with Crippen molar-refractivity contribution in [1.29, 1.82) is 0 Å². The monoisotopic (exact) mass is 600 g/mol. The zero-order valence-electron chi connectivity index (χ0n) is 25.3. The fraction of sp³-hybridized carbons (Fsp3) is 0.312. The molecule has 12 nitrogen and oxygen atoms in total. The molecule has 2 aromatic heterocycles. The van der Waals surface area contributed by atoms with E-state index >= 15 is 0 Å². The van der Waals surface area contributed by atoms with E-state index in [4.69, 9.17) is 24.1 Å². The van der Waals surface area contributed by atoms with Crippen LogP contribution in [-0.2, 0) is 19.7 Å². The minimum atomic E-state index is -0.751. The standard InChI is InChI=1S/C32H36N6O6/c1-31(2,3)27-18-28(35-30(40)44-37-22-9-11-24(12-10-22)42-25-13-15-33-16-14-25)38(36-27)23-8-6-7-21(17-23)29(39)34-19-26-20-41-32(4,5)43-26/h6-18,26,37H,19-20H2,1-5H3,(H,34,39)(H,35,40). The predicted molar refractivity (Wildman–Crippen MR) is 164 cm³/mol. The lowest BCUT2D eigenvalue weighted by atomic mass is 9.92. The first-order valence-electron chi connectivity index (χ1n) is 14.2. The van der Waals surface area contributed by atoms with E-state index in [1.54, 1.807) is 83.8 Å². The number of nitrogens with zero attached hydrogens (tertiary/aromatic N) is 3. The van der Waals surface area contributed by atoms with E-state index < -0.39 is 11.9 Å². The quantitative estimate of drug-likeness (QED) is 0.203. The third-order valence-electron chi connectivity index (χ3n) is 6.62. The van der Waals surface area contributed by atoms with Gasteiger partial charge >= 0.3 is 6.09 Å². The summed E-state index contributed by atoms with van der Waals surface area (Å²) >= 11 is 0. The summed E-state index contributed by atoms with van der Waals surface area (Å²) in [6.07, 6.45) is 2.31.